The molecule has 1 aliphatic rings. The summed E-state index contributed by atoms with van der Waals surface area (Å²) >= 11 is 0. The highest BCUT2D eigenvalue weighted by atomic mass is 19.1. The second-order valence-electron chi connectivity index (χ2n) is 4.42. The van der Waals surface area contributed by atoms with Crippen LogP contribution in [-0.4, -0.2) is 43.8 Å². The van der Waals surface area contributed by atoms with Crippen LogP contribution < -0.4 is 5.32 Å². The monoisotopic (exact) mass is 238 g/mol. The molecule has 0 aliphatic carbocycles. The van der Waals surface area contributed by atoms with Gasteiger partial charge in [-0.1, -0.05) is 0 Å². The van der Waals surface area contributed by atoms with Crippen molar-refractivity contribution in [3.63, 3.8) is 0 Å². The number of benzene rings is 1. The van der Waals surface area contributed by atoms with Crippen LogP contribution in [0.15, 0.2) is 24.3 Å². The Kier molecular flexibility index (Phi) is 4.34. The van der Waals surface area contributed by atoms with Gasteiger partial charge in [-0.05, 0) is 31.2 Å². The molecule has 94 valence electrons. The number of rotatable bonds is 4. The van der Waals surface area contributed by atoms with Crippen molar-refractivity contribution in [2.45, 2.75) is 13.0 Å². The molecule has 1 aromatic carbocycles. The van der Waals surface area contributed by atoms with Crippen LogP contribution in [0.3, 0.4) is 0 Å². The number of hydrogen-bond acceptors (Lipinski definition) is 3. The van der Waals surface area contributed by atoms with Crippen LogP contribution in [0.1, 0.15) is 6.92 Å². The van der Waals surface area contributed by atoms with Crippen molar-refractivity contribution >= 4 is 5.69 Å². The molecule has 4 heteroatoms. The largest absolute Gasteiger partial charge is 0.384 e. The van der Waals surface area contributed by atoms with Crippen LogP contribution in [0.5, 0.6) is 0 Å². The Morgan fingerprint density at radius 2 is 2.18 bits per heavy atom. The van der Waals surface area contributed by atoms with Crippen LogP contribution in [0.2, 0.25) is 0 Å². The standard InChI is InChI=1S/C13H19FN2O/c1-11-10-16(8-9-17-11)7-6-15-13-4-2-12(14)3-5-13/h2-5,11,15H,6-10H2,1H3. The molecule has 0 spiro atoms. The Morgan fingerprint density at radius 1 is 1.41 bits per heavy atom. The Labute approximate surface area is 102 Å². The predicted molar refractivity (Wildman–Crippen MR) is 66.7 cm³/mol. The molecule has 1 aromatic rings. The van der Waals surface area contributed by atoms with E-state index in [0.29, 0.717) is 6.10 Å². The number of anilines is 1. The molecule has 0 radical (unpaired) electrons. The van der Waals surface area contributed by atoms with Crippen molar-refractivity contribution in [3.8, 4) is 0 Å². The minimum Gasteiger partial charge on any atom is -0.384 e. The fourth-order valence-corrected chi connectivity index (χ4v) is 2.02. The summed E-state index contributed by atoms with van der Waals surface area (Å²) in [5.41, 5.74) is 0.965. The first-order chi connectivity index (χ1) is 8.24. The molecule has 1 saturated heterocycles. The topological polar surface area (TPSA) is 24.5 Å². The fourth-order valence-electron chi connectivity index (χ4n) is 2.02. The summed E-state index contributed by atoms with van der Waals surface area (Å²) in [5, 5.41) is 3.28. The zero-order chi connectivity index (χ0) is 12.1. The third-order valence-electron chi connectivity index (χ3n) is 2.93. The second-order valence-corrected chi connectivity index (χ2v) is 4.42. The molecular formula is C13H19FN2O. The van der Waals surface area contributed by atoms with Crippen LogP contribution in [0, 0.1) is 5.82 Å². The summed E-state index contributed by atoms with van der Waals surface area (Å²) in [7, 11) is 0. The Morgan fingerprint density at radius 3 is 2.88 bits per heavy atom. The molecule has 2 rings (SSSR count). The van der Waals surface area contributed by atoms with Gasteiger partial charge in [-0.25, -0.2) is 4.39 Å². The molecule has 0 amide bonds. The van der Waals surface area contributed by atoms with E-state index in [1.807, 2.05) is 0 Å². The SMILES string of the molecule is CC1CN(CCNc2ccc(F)cc2)CCO1. The van der Waals surface area contributed by atoms with E-state index >= 15 is 0 Å². The minimum atomic E-state index is -0.197. The molecule has 1 atom stereocenters. The highest BCUT2D eigenvalue weighted by Crippen LogP contribution is 2.08. The predicted octanol–water partition coefficient (Wildman–Crippen LogP) is 1.96. The lowest BCUT2D eigenvalue weighted by Gasteiger charge is -2.31. The summed E-state index contributed by atoms with van der Waals surface area (Å²) in [6.45, 7) is 6.77. The summed E-state index contributed by atoms with van der Waals surface area (Å²) < 4.78 is 18.2. The first-order valence-electron chi connectivity index (χ1n) is 6.07. The molecule has 1 fully saturated rings. The van der Waals surface area contributed by atoms with E-state index in [1.54, 1.807) is 12.1 Å². The van der Waals surface area contributed by atoms with Gasteiger partial charge in [-0.2, -0.15) is 0 Å². The zero-order valence-corrected chi connectivity index (χ0v) is 10.2. The van der Waals surface area contributed by atoms with Crippen molar-refractivity contribution in [1.29, 1.82) is 0 Å². The molecular weight excluding hydrogens is 219 g/mol. The smallest absolute Gasteiger partial charge is 0.123 e. The summed E-state index contributed by atoms with van der Waals surface area (Å²) in [6, 6.07) is 6.47. The highest BCUT2D eigenvalue weighted by molar-refractivity contribution is 5.42. The van der Waals surface area contributed by atoms with Gasteiger partial charge in [0.15, 0.2) is 0 Å². The Hall–Kier alpha value is -1.13. The molecule has 0 aromatic heterocycles. The zero-order valence-electron chi connectivity index (χ0n) is 10.2. The van der Waals surface area contributed by atoms with Crippen LogP contribution >= 0.6 is 0 Å². The second kappa shape index (κ2) is 5.98. The molecule has 1 heterocycles. The number of hydrogen-bond donors (Lipinski definition) is 1. The van der Waals surface area contributed by atoms with Crippen molar-refractivity contribution in [3.05, 3.63) is 30.1 Å². The number of morpholine rings is 1. The highest BCUT2D eigenvalue weighted by Gasteiger charge is 2.15. The van der Waals surface area contributed by atoms with Crippen molar-refractivity contribution in [2.75, 3.05) is 38.1 Å². The van der Waals surface area contributed by atoms with Crippen molar-refractivity contribution < 1.29 is 9.13 Å². The van der Waals surface area contributed by atoms with Gasteiger partial charge >= 0.3 is 0 Å². The average Bonchev–Trinajstić information content (AvgIpc) is 2.32. The third kappa shape index (κ3) is 3.98. The van der Waals surface area contributed by atoms with Gasteiger partial charge in [-0.3, -0.25) is 4.90 Å². The van der Waals surface area contributed by atoms with E-state index in [-0.39, 0.29) is 5.82 Å². The van der Waals surface area contributed by atoms with Crippen LogP contribution in [-0.2, 0) is 4.74 Å². The first kappa shape index (κ1) is 12.3. The molecule has 3 nitrogen and oxygen atoms in total. The van der Waals surface area contributed by atoms with Gasteiger partial charge < -0.3 is 10.1 Å². The van der Waals surface area contributed by atoms with Gasteiger partial charge in [0, 0.05) is 31.9 Å². The summed E-state index contributed by atoms with van der Waals surface area (Å²) in [5.74, 6) is -0.197. The lowest BCUT2D eigenvalue weighted by atomic mass is 10.3. The molecule has 17 heavy (non-hydrogen) atoms. The first-order valence-corrected chi connectivity index (χ1v) is 6.07. The van der Waals surface area contributed by atoms with Crippen molar-refractivity contribution in [1.82, 2.24) is 4.90 Å². The number of nitrogens with one attached hydrogen (secondary N) is 1. The van der Waals surface area contributed by atoms with Gasteiger partial charge in [0.05, 0.1) is 12.7 Å². The third-order valence-corrected chi connectivity index (χ3v) is 2.93. The van der Waals surface area contributed by atoms with E-state index in [2.05, 4.69) is 17.1 Å². The molecule has 1 aliphatic heterocycles. The fraction of sp³-hybridized carbons (Fsp3) is 0.538. The van der Waals surface area contributed by atoms with E-state index < -0.39 is 0 Å². The van der Waals surface area contributed by atoms with E-state index in [4.69, 9.17) is 4.74 Å². The Bertz CT molecular complexity index is 342. The molecule has 1 N–H and O–H groups in total. The molecule has 1 unspecified atom stereocenters. The van der Waals surface area contributed by atoms with Gasteiger partial charge in [0.25, 0.3) is 0 Å². The maximum Gasteiger partial charge on any atom is 0.123 e. The van der Waals surface area contributed by atoms with Gasteiger partial charge in [0.1, 0.15) is 5.82 Å². The quantitative estimate of drug-likeness (QED) is 0.867. The maximum atomic E-state index is 12.7. The Balaban J connectivity index is 1.70. The van der Waals surface area contributed by atoms with Gasteiger partial charge in [0.2, 0.25) is 0 Å². The molecule has 0 saturated carbocycles. The van der Waals surface area contributed by atoms with Gasteiger partial charge in [-0.15, -0.1) is 0 Å². The number of nitrogens with zero attached hydrogens (tertiary/aromatic N) is 1. The van der Waals surface area contributed by atoms with E-state index in [0.717, 1.165) is 38.5 Å². The number of halogens is 1. The average molecular weight is 238 g/mol. The lowest BCUT2D eigenvalue weighted by Crippen LogP contribution is -2.43. The lowest BCUT2D eigenvalue weighted by molar-refractivity contribution is -0.0166. The van der Waals surface area contributed by atoms with E-state index in [9.17, 15) is 4.39 Å². The molecule has 0 bridgehead atoms. The van der Waals surface area contributed by atoms with Crippen molar-refractivity contribution in [2.24, 2.45) is 0 Å². The van der Waals surface area contributed by atoms with Crippen LogP contribution in [0.25, 0.3) is 0 Å². The normalized spacial score (nSPS) is 21.4. The minimum absolute atomic E-state index is 0.197. The van der Waals surface area contributed by atoms with E-state index in [1.165, 1.54) is 12.1 Å². The van der Waals surface area contributed by atoms with Crippen LogP contribution in [0.4, 0.5) is 10.1 Å². The number of ether oxygens (including phenoxy) is 1. The summed E-state index contributed by atoms with van der Waals surface area (Å²) in [6.07, 6.45) is 0.328. The summed E-state index contributed by atoms with van der Waals surface area (Å²) in [4.78, 5) is 2.38. The maximum absolute atomic E-state index is 12.7.